The molecule has 1 N–H and O–H groups in total. The fraction of sp³-hybridized carbons (Fsp3) is 0.714. The van der Waals surface area contributed by atoms with Gasteiger partial charge in [0, 0.05) is 12.5 Å². The first kappa shape index (κ1) is 7.18. The van der Waals surface area contributed by atoms with Crippen LogP contribution in [-0.4, -0.2) is 22.7 Å². The molecule has 2 heterocycles. The van der Waals surface area contributed by atoms with Crippen LogP contribution in [0.3, 0.4) is 0 Å². The zero-order valence-electron chi connectivity index (χ0n) is 6.50. The van der Waals surface area contributed by atoms with Crippen LogP contribution in [0.1, 0.15) is 22.9 Å². The largest absolute Gasteiger partial charge is 0.316 e. The van der Waals surface area contributed by atoms with Gasteiger partial charge in [0.1, 0.15) is 0 Å². The molecule has 0 radical (unpaired) electrons. The van der Waals surface area contributed by atoms with Crippen molar-refractivity contribution in [1.82, 2.24) is 14.9 Å². The zero-order valence-corrected chi connectivity index (χ0v) is 7.32. The summed E-state index contributed by atoms with van der Waals surface area (Å²) in [4.78, 5) is 1.37. The van der Waals surface area contributed by atoms with E-state index in [9.17, 15) is 0 Å². The summed E-state index contributed by atoms with van der Waals surface area (Å²) in [6, 6.07) is 0. The van der Waals surface area contributed by atoms with Crippen molar-refractivity contribution in [2.75, 3.05) is 13.1 Å². The molecule has 1 atom stereocenters. The monoisotopic (exact) mass is 169 g/mol. The minimum Gasteiger partial charge on any atom is -0.316 e. The Bertz CT molecular complexity index is 240. The molecule has 0 aromatic carbocycles. The molecule has 3 nitrogen and oxygen atoms in total. The van der Waals surface area contributed by atoms with Gasteiger partial charge in [-0.25, -0.2) is 0 Å². The lowest BCUT2D eigenvalue weighted by Crippen LogP contribution is -2.07. The Morgan fingerprint density at radius 1 is 1.64 bits per heavy atom. The molecule has 1 saturated heterocycles. The molecular weight excluding hydrogens is 158 g/mol. The van der Waals surface area contributed by atoms with Crippen molar-refractivity contribution in [3.05, 3.63) is 10.6 Å². The summed E-state index contributed by atoms with van der Waals surface area (Å²) in [6.07, 6.45) is 1.24. The molecular formula is C7H11N3S. The number of aryl methyl sites for hydroxylation is 1. The number of rotatable bonds is 1. The van der Waals surface area contributed by atoms with Crippen LogP contribution in [0.2, 0.25) is 0 Å². The minimum atomic E-state index is 0.676. The molecule has 1 fully saturated rings. The van der Waals surface area contributed by atoms with Crippen molar-refractivity contribution in [1.29, 1.82) is 0 Å². The predicted molar refractivity (Wildman–Crippen MR) is 44.9 cm³/mol. The molecule has 1 unspecified atom stereocenters. The third-order valence-electron chi connectivity index (χ3n) is 2.12. The van der Waals surface area contributed by atoms with Gasteiger partial charge in [-0.2, -0.15) is 0 Å². The van der Waals surface area contributed by atoms with Gasteiger partial charge in [0.2, 0.25) is 0 Å². The van der Waals surface area contributed by atoms with E-state index in [4.69, 9.17) is 0 Å². The molecule has 0 spiro atoms. The van der Waals surface area contributed by atoms with Crippen molar-refractivity contribution in [2.24, 2.45) is 0 Å². The van der Waals surface area contributed by atoms with Gasteiger partial charge in [-0.1, -0.05) is 4.49 Å². The highest BCUT2D eigenvalue weighted by Crippen LogP contribution is 2.26. The Morgan fingerprint density at radius 3 is 3.09 bits per heavy atom. The van der Waals surface area contributed by atoms with E-state index in [0.717, 1.165) is 18.8 Å². The summed E-state index contributed by atoms with van der Waals surface area (Å²) in [5, 5.41) is 7.34. The maximum atomic E-state index is 4.00. The highest BCUT2D eigenvalue weighted by atomic mass is 32.1. The molecule has 1 aliphatic heterocycles. The van der Waals surface area contributed by atoms with Crippen LogP contribution in [0, 0.1) is 6.92 Å². The van der Waals surface area contributed by atoms with E-state index < -0.39 is 0 Å². The summed E-state index contributed by atoms with van der Waals surface area (Å²) < 4.78 is 3.93. The van der Waals surface area contributed by atoms with Crippen LogP contribution in [0.5, 0.6) is 0 Å². The summed E-state index contributed by atoms with van der Waals surface area (Å²) in [6.45, 7) is 4.28. The summed E-state index contributed by atoms with van der Waals surface area (Å²) in [7, 11) is 0. The highest BCUT2D eigenvalue weighted by Gasteiger charge is 2.20. The molecule has 2 rings (SSSR count). The van der Waals surface area contributed by atoms with Crippen LogP contribution in [0.25, 0.3) is 0 Å². The molecule has 1 aliphatic rings. The van der Waals surface area contributed by atoms with Crippen LogP contribution in [0.15, 0.2) is 0 Å². The van der Waals surface area contributed by atoms with Crippen molar-refractivity contribution in [3.63, 3.8) is 0 Å². The van der Waals surface area contributed by atoms with Gasteiger partial charge in [-0.15, -0.1) is 5.10 Å². The smallest absolute Gasteiger partial charge is 0.0760 e. The second-order valence-electron chi connectivity index (χ2n) is 2.91. The Labute approximate surface area is 70.0 Å². The average molecular weight is 169 g/mol. The summed E-state index contributed by atoms with van der Waals surface area (Å²) in [5.41, 5.74) is 1.11. The Morgan fingerprint density at radius 2 is 2.55 bits per heavy atom. The van der Waals surface area contributed by atoms with Crippen LogP contribution in [0.4, 0.5) is 0 Å². The van der Waals surface area contributed by atoms with E-state index in [1.165, 1.54) is 11.3 Å². The quantitative estimate of drug-likeness (QED) is 0.679. The molecule has 0 saturated carbocycles. The topological polar surface area (TPSA) is 37.8 Å². The third kappa shape index (κ3) is 1.28. The van der Waals surface area contributed by atoms with Crippen LogP contribution >= 0.6 is 11.5 Å². The van der Waals surface area contributed by atoms with Crippen molar-refractivity contribution >= 4 is 11.5 Å². The van der Waals surface area contributed by atoms with Gasteiger partial charge in [0.25, 0.3) is 0 Å². The predicted octanol–water partition coefficient (Wildman–Crippen LogP) is 0.923. The van der Waals surface area contributed by atoms with Gasteiger partial charge in [0.05, 0.1) is 10.6 Å². The van der Waals surface area contributed by atoms with E-state index in [1.54, 1.807) is 11.5 Å². The number of hydrogen-bond donors (Lipinski definition) is 1. The average Bonchev–Trinajstić information content (AvgIpc) is 2.55. The van der Waals surface area contributed by atoms with E-state index in [1.807, 2.05) is 6.92 Å². The second-order valence-corrected chi connectivity index (χ2v) is 3.70. The molecule has 11 heavy (non-hydrogen) atoms. The number of hydrogen-bond acceptors (Lipinski definition) is 4. The van der Waals surface area contributed by atoms with Gasteiger partial charge in [-0.05, 0) is 31.4 Å². The fourth-order valence-electron chi connectivity index (χ4n) is 1.49. The third-order valence-corrected chi connectivity index (χ3v) is 3.11. The normalized spacial score (nSPS) is 24.3. The van der Waals surface area contributed by atoms with Gasteiger partial charge in [-0.3, -0.25) is 0 Å². The summed E-state index contributed by atoms with van der Waals surface area (Å²) >= 11 is 1.55. The Kier molecular flexibility index (Phi) is 1.87. The first-order chi connectivity index (χ1) is 5.38. The van der Waals surface area contributed by atoms with Crippen LogP contribution in [-0.2, 0) is 0 Å². The van der Waals surface area contributed by atoms with E-state index in [-0.39, 0.29) is 0 Å². The van der Waals surface area contributed by atoms with E-state index in [2.05, 4.69) is 14.9 Å². The number of aromatic nitrogens is 2. The van der Waals surface area contributed by atoms with E-state index in [0.29, 0.717) is 5.92 Å². The first-order valence-electron chi connectivity index (χ1n) is 3.87. The van der Waals surface area contributed by atoms with E-state index >= 15 is 0 Å². The zero-order chi connectivity index (χ0) is 7.68. The Balaban J connectivity index is 2.21. The lowest BCUT2D eigenvalue weighted by molar-refractivity contribution is 0.769. The standard InChI is InChI=1S/C7H11N3S/c1-5-7(11-10-9-5)6-2-3-8-4-6/h6,8H,2-4H2,1H3. The maximum absolute atomic E-state index is 4.00. The SMILES string of the molecule is Cc1nnsc1C1CCNC1. The van der Waals surface area contributed by atoms with Gasteiger partial charge < -0.3 is 5.32 Å². The van der Waals surface area contributed by atoms with Crippen molar-refractivity contribution in [3.8, 4) is 0 Å². The van der Waals surface area contributed by atoms with Crippen LogP contribution < -0.4 is 5.32 Å². The lowest BCUT2D eigenvalue weighted by atomic mass is 10.1. The highest BCUT2D eigenvalue weighted by molar-refractivity contribution is 7.05. The number of nitrogens with zero attached hydrogens (tertiary/aromatic N) is 2. The fourth-order valence-corrected chi connectivity index (χ4v) is 2.26. The molecule has 1 aromatic heterocycles. The molecule has 0 aliphatic carbocycles. The summed E-state index contributed by atoms with van der Waals surface area (Å²) in [5.74, 6) is 0.676. The van der Waals surface area contributed by atoms with Crippen molar-refractivity contribution in [2.45, 2.75) is 19.3 Å². The molecule has 0 bridgehead atoms. The molecule has 4 heteroatoms. The molecule has 1 aromatic rings. The lowest BCUT2D eigenvalue weighted by Gasteiger charge is -2.03. The Hall–Kier alpha value is -0.480. The van der Waals surface area contributed by atoms with Crippen molar-refractivity contribution < 1.29 is 0 Å². The molecule has 0 amide bonds. The first-order valence-corrected chi connectivity index (χ1v) is 4.65. The molecule has 60 valence electrons. The maximum Gasteiger partial charge on any atom is 0.0760 e. The van der Waals surface area contributed by atoms with Gasteiger partial charge >= 0.3 is 0 Å². The van der Waals surface area contributed by atoms with Gasteiger partial charge in [0.15, 0.2) is 0 Å². The minimum absolute atomic E-state index is 0.676. The second kappa shape index (κ2) is 2.87. The number of nitrogens with one attached hydrogen (secondary N) is 1.